The molecule has 0 radical (unpaired) electrons. The summed E-state index contributed by atoms with van der Waals surface area (Å²) in [7, 11) is 0. The lowest BCUT2D eigenvalue weighted by atomic mass is 10.0. The van der Waals surface area contributed by atoms with Crippen LogP contribution < -0.4 is 5.73 Å². The van der Waals surface area contributed by atoms with Crippen molar-refractivity contribution in [3.05, 3.63) is 35.4 Å². The quantitative estimate of drug-likeness (QED) is 0.759. The highest BCUT2D eigenvalue weighted by molar-refractivity contribution is 5.24. The van der Waals surface area contributed by atoms with Crippen LogP contribution in [-0.4, -0.2) is 6.54 Å². The van der Waals surface area contributed by atoms with Gasteiger partial charge in [-0.2, -0.15) is 0 Å². The van der Waals surface area contributed by atoms with Crippen molar-refractivity contribution in [2.24, 2.45) is 5.73 Å². The molecule has 0 saturated heterocycles. The number of halogens is 1. The molecule has 0 spiro atoms. The minimum Gasteiger partial charge on any atom is -0.330 e. The number of alkyl halides is 1. The number of rotatable bonds is 4. The summed E-state index contributed by atoms with van der Waals surface area (Å²) >= 11 is 0. The Labute approximate surface area is 78.8 Å². The van der Waals surface area contributed by atoms with Gasteiger partial charge in [-0.3, -0.25) is 0 Å². The number of hydrogen-bond acceptors (Lipinski definition) is 1. The Hall–Kier alpha value is -0.890. The maximum atomic E-state index is 13.3. The van der Waals surface area contributed by atoms with Crippen molar-refractivity contribution < 1.29 is 4.39 Å². The van der Waals surface area contributed by atoms with Crippen molar-refractivity contribution in [1.29, 1.82) is 0 Å². The fourth-order valence-electron chi connectivity index (χ4n) is 1.28. The molecule has 1 aromatic rings. The van der Waals surface area contributed by atoms with Gasteiger partial charge in [-0.15, -0.1) is 0 Å². The second kappa shape index (κ2) is 4.97. The van der Waals surface area contributed by atoms with Crippen molar-refractivity contribution in [3.63, 3.8) is 0 Å². The fraction of sp³-hybridized carbons (Fsp3) is 0.455. The van der Waals surface area contributed by atoms with Gasteiger partial charge in [0.25, 0.3) is 0 Å². The van der Waals surface area contributed by atoms with Crippen molar-refractivity contribution in [1.82, 2.24) is 0 Å². The minimum atomic E-state index is -0.907. The Balaban J connectivity index is 2.67. The van der Waals surface area contributed by atoms with Gasteiger partial charge in [0, 0.05) is 0 Å². The molecule has 0 heterocycles. The van der Waals surface area contributed by atoms with Gasteiger partial charge in [0.1, 0.15) is 6.17 Å². The van der Waals surface area contributed by atoms with Gasteiger partial charge in [0.15, 0.2) is 0 Å². The molecule has 1 rings (SSSR count). The molecule has 1 aromatic carbocycles. The summed E-state index contributed by atoms with van der Waals surface area (Å²) in [6.07, 6.45) is 0.496. The number of hydrogen-bond donors (Lipinski definition) is 1. The SMILES string of the molecule is CCc1ccc(C(F)CCN)cc1. The van der Waals surface area contributed by atoms with E-state index in [1.54, 1.807) is 0 Å². The Morgan fingerprint density at radius 1 is 1.31 bits per heavy atom. The number of aryl methyl sites for hydroxylation is 1. The topological polar surface area (TPSA) is 26.0 Å². The van der Waals surface area contributed by atoms with Crippen LogP contribution in [0, 0.1) is 0 Å². The van der Waals surface area contributed by atoms with Crippen LogP contribution in [0.4, 0.5) is 4.39 Å². The first-order valence-corrected chi connectivity index (χ1v) is 4.71. The molecule has 1 unspecified atom stereocenters. The summed E-state index contributed by atoms with van der Waals surface area (Å²) in [5.74, 6) is 0. The summed E-state index contributed by atoms with van der Waals surface area (Å²) in [6, 6.07) is 7.63. The van der Waals surface area contributed by atoms with Crippen LogP contribution >= 0.6 is 0 Å². The predicted octanol–water partition coefficient (Wildman–Crippen LogP) is 2.61. The first-order valence-electron chi connectivity index (χ1n) is 4.71. The second-order valence-electron chi connectivity index (χ2n) is 3.14. The molecule has 72 valence electrons. The van der Waals surface area contributed by atoms with E-state index in [-0.39, 0.29) is 0 Å². The van der Waals surface area contributed by atoms with Crippen LogP contribution in [0.25, 0.3) is 0 Å². The lowest BCUT2D eigenvalue weighted by molar-refractivity contribution is 0.327. The normalized spacial score (nSPS) is 12.8. The molecular weight excluding hydrogens is 165 g/mol. The highest BCUT2D eigenvalue weighted by Gasteiger charge is 2.07. The predicted molar refractivity (Wildman–Crippen MR) is 53.3 cm³/mol. The van der Waals surface area contributed by atoms with Crippen LogP contribution in [0.2, 0.25) is 0 Å². The molecule has 0 bridgehead atoms. The van der Waals surface area contributed by atoms with E-state index in [2.05, 4.69) is 6.92 Å². The Morgan fingerprint density at radius 3 is 2.38 bits per heavy atom. The second-order valence-corrected chi connectivity index (χ2v) is 3.14. The fourth-order valence-corrected chi connectivity index (χ4v) is 1.28. The molecule has 1 nitrogen and oxygen atoms in total. The molecule has 0 fully saturated rings. The van der Waals surface area contributed by atoms with E-state index in [9.17, 15) is 4.39 Å². The smallest absolute Gasteiger partial charge is 0.126 e. The summed E-state index contributed by atoms with van der Waals surface area (Å²) in [6.45, 7) is 2.48. The van der Waals surface area contributed by atoms with E-state index in [4.69, 9.17) is 5.73 Å². The molecule has 0 aliphatic carbocycles. The molecule has 1 atom stereocenters. The van der Waals surface area contributed by atoms with Gasteiger partial charge in [-0.25, -0.2) is 4.39 Å². The molecule has 2 heteroatoms. The Morgan fingerprint density at radius 2 is 1.92 bits per heavy atom. The standard InChI is InChI=1S/C11H16FN/c1-2-9-3-5-10(6-4-9)11(12)7-8-13/h3-6,11H,2,7-8,13H2,1H3. The van der Waals surface area contributed by atoms with Crippen molar-refractivity contribution in [2.45, 2.75) is 25.9 Å². The minimum absolute atomic E-state index is 0.399. The molecule has 0 aromatic heterocycles. The highest BCUT2D eigenvalue weighted by atomic mass is 19.1. The molecule has 0 aliphatic rings. The average molecular weight is 181 g/mol. The van der Waals surface area contributed by atoms with Gasteiger partial charge < -0.3 is 5.73 Å². The van der Waals surface area contributed by atoms with Crippen LogP contribution in [0.15, 0.2) is 24.3 Å². The lowest BCUT2D eigenvalue weighted by Gasteiger charge is -2.07. The summed E-state index contributed by atoms with van der Waals surface area (Å²) in [5.41, 5.74) is 7.26. The Kier molecular flexibility index (Phi) is 3.90. The number of nitrogens with two attached hydrogens (primary N) is 1. The van der Waals surface area contributed by atoms with E-state index in [0.29, 0.717) is 13.0 Å². The average Bonchev–Trinajstić information content (AvgIpc) is 2.18. The van der Waals surface area contributed by atoms with E-state index in [0.717, 1.165) is 12.0 Å². The van der Waals surface area contributed by atoms with E-state index >= 15 is 0 Å². The molecule has 13 heavy (non-hydrogen) atoms. The van der Waals surface area contributed by atoms with Crippen LogP contribution in [0.3, 0.4) is 0 Å². The molecule has 2 N–H and O–H groups in total. The summed E-state index contributed by atoms with van der Waals surface area (Å²) in [5, 5.41) is 0. The molecule has 0 aliphatic heterocycles. The zero-order valence-corrected chi connectivity index (χ0v) is 7.96. The third-order valence-electron chi connectivity index (χ3n) is 2.17. The monoisotopic (exact) mass is 181 g/mol. The first-order chi connectivity index (χ1) is 6.27. The van der Waals surface area contributed by atoms with Gasteiger partial charge >= 0.3 is 0 Å². The highest BCUT2D eigenvalue weighted by Crippen LogP contribution is 2.20. The van der Waals surface area contributed by atoms with Gasteiger partial charge in [0.2, 0.25) is 0 Å². The number of benzene rings is 1. The van der Waals surface area contributed by atoms with Gasteiger partial charge in [-0.1, -0.05) is 31.2 Å². The Bertz CT molecular complexity index is 243. The van der Waals surface area contributed by atoms with E-state index in [1.165, 1.54) is 5.56 Å². The zero-order valence-electron chi connectivity index (χ0n) is 7.96. The third-order valence-corrected chi connectivity index (χ3v) is 2.17. The molecule has 0 amide bonds. The molecular formula is C11H16FN. The summed E-state index contributed by atoms with van der Waals surface area (Å²) in [4.78, 5) is 0. The van der Waals surface area contributed by atoms with Gasteiger partial charge in [-0.05, 0) is 30.5 Å². The third kappa shape index (κ3) is 2.81. The lowest BCUT2D eigenvalue weighted by Crippen LogP contribution is -2.03. The zero-order chi connectivity index (χ0) is 9.68. The first kappa shape index (κ1) is 10.2. The molecule has 0 saturated carbocycles. The largest absolute Gasteiger partial charge is 0.330 e. The van der Waals surface area contributed by atoms with Crippen LogP contribution in [0.1, 0.15) is 30.6 Å². The van der Waals surface area contributed by atoms with E-state index in [1.807, 2.05) is 24.3 Å². The van der Waals surface area contributed by atoms with E-state index < -0.39 is 6.17 Å². The van der Waals surface area contributed by atoms with Crippen LogP contribution in [0.5, 0.6) is 0 Å². The summed E-state index contributed by atoms with van der Waals surface area (Å²) < 4.78 is 13.3. The maximum Gasteiger partial charge on any atom is 0.126 e. The van der Waals surface area contributed by atoms with Crippen molar-refractivity contribution in [3.8, 4) is 0 Å². The van der Waals surface area contributed by atoms with Crippen LogP contribution in [-0.2, 0) is 6.42 Å². The van der Waals surface area contributed by atoms with Crippen molar-refractivity contribution in [2.75, 3.05) is 6.54 Å². The van der Waals surface area contributed by atoms with Gasteiger partial charge in [0.05, 0.1) is 0 Å². The van der Waals surface area contributed by atoms with Crippen molar-refractivity contribution >= 4 is 0 Å². The maximum absolute atomic E-state index is 13.3.